The molecule has 0 bridgehead atoms. The van der Waals surface area contributed by atoms with E-state index in [1.165, 1.54) is 57.8 Å². The topological polar surface area (TPSA) is 20.2 Å². The van der Waals surface area contributed by atoms with E-state index in [1.807, 2.05) is 0 Å². The summed E-state index contributed by atoms with van der Waals surface area (Å²) in [6.45, 7) is 0. The standard InChI is InChI=1S/C13H24O/c14-13-9-3-1-2-8-12(13)10-11-6-4-5-7-11/h11-14H,1-10H2. The van der Waals surface area contributed by atoms with Gasteiger partial charge in [0.1, 0.15) is 0 Å². The summed E-state index contributed by atoms with van der Waals surface area (Å²) in [6.07, 6.45) is 13.4. The molecule has 0 amide bonds. The van der Waals surface area contributed by atoms with Crippen LogP contribution in [0.25, 0.3) is 0 Å². The van der Waals surface area contributed by atoms with Gasteiger partial charge in [-0.25, -0.2) is 0 Å². The van der Waals surface area contributed by atoms with Crippen LogP contribution in [-0.4, -0.2) is 11.2 Å². The molecule has 0 spiro atoms. The second kappa shape index (κ2) is 5.16. The second-order valence-electron chi connectivity index (χ2n) is 5.35. The van der Waals surface area contributed by atoms with E-state index in [0.29, 0.717) is 5.92 Å². The third kappa shape index (κ3) is 2.73. The maximum absolute atomic E-state index is 10.0. The minimum absolute atomic E-state index is 0.0260. The third-order valence-corrected chi connectivity index (χ3v) is 4.23. The molecule has 2 aliphatic carbocycles. The van der Waals surface area contributed by atoms with Crippen molar-refractivity contribution in [2.75, 3.05) is 0 Å². The summed E-state index contributed by atoms with van der Waals surface area (Å²) in [6, 6.07) is 0. The van der Waals surface area contributed by atoms with Crippen LogP contribution in [-0.2, 0) is 0 Å². The van der Waals surface area contributed by atoms with E-state index < -0.39 is 0 Å². The first-order chi connectivity index (χ1) is 6.86. The molecule has 1 N–H and O–H groups in total. The molecule has 2 aliphatic rings. The molecule has 2 fully saturated rings. The molecule has 2 saturated carbocycles. The van der Waals surface area contributed by atoms with Crippen LogP contribution < -0.4 is 0 Å². The zero-order chi connectivity index (χ0) is 9.80. The quantitative estimate of drug-likeness (QED) is 0.670. The predicted molar refractivity (Wildman–Crippen MR) is 59.2 cm³/mol. The zero-order valence-electron chi connectivity index (χ0n) is 9.25. The van der Waals surface area contributed by atoms with Gasteiger partial charge in [-0.2, -0.15) is 0 Å². The number of aliphatic hydroxyl groups is 1. The van der Waals surface area contributed by atoms with Crippen molar-refractivity contribution >= 4 is 0 Å². The lowest BCUT2D eigenvalue weighted by molar-refractivity contribution is 0.0861. The van der Waals surface area contributed by atoms with E-state index in [1.54, 1.807) is 0 Å². The molecule has 2 unspecified atom stereocenters. The summed E-state index contributed by atoms with van der Waals surface area (Å²) in [5, 5.41) is 10.0. The van der Waals surface area contributed by atoms with Gasteiger partial charge >= 0.3 is 0 Å². The molecular weight excluding hydrogens is 172 g/mol. The zero-order valence-corrected chi connectivity index (χ0v) is 9.25. The third-order valence-electron chi connectivity index (χ3n) is 4.23. The fourth-order valence-electron chi connectivity index (χ4n) is 3.31. The lowest BCUT2D eigenvalue weighted by Crippen LogP contribution is -2.21. The van der Waals surface area contributed by atoms with Gasteiger partial charge in [-0.3, -0.25) is 0 Å². The Morgan fingerprint density at radius 2 is 1.43 bits per heavy atom. The normalized spacial score (nSPS) is 35.8. The van der Waals surface area contributed by atoms with Gasteiger partial charge in [0.25, 0.3) is 0 Å². The predicted octanol–water partition coefficient (Wildman–Crippen LogP) is 3.51. The second-order valence-corrected chi connectivity index (χ2v) is 5.35. The average Bonchev–Trinajstić information content (AvgIpc) is 2.60. The molecule has 14 heavy (non-hydrogen) atoms. The molecule has 0 aliphatic heterocycles. The monoisotopic (exact) mass is 196 g/mol. The highest BCUT2D eigenvalue weighted by atomic mass is 16.3. The molecule has 0 aromatic heterocycles. The van der Waals surface area contributed by atoms with E-state index in [4.69, 9.17) is 0 Å². The summed E-state index contributed by atoms with van der Waals surface area (Å²) in [5.74, 6) is 1.59. The Morgan fingerprint density at radius 3 is 2.21 bits per heavy atom. The van der Waals surface area contributed by atoms with Crippen LogP contribution in [0, 0.1) is 11.8 Å². The molecule has 0 aromatic rings. The van der Waals surface area contributed by atoms with Crippen molar-refractivity contribution in [1.29, 1.82) is 0 Å². The summed E-state index contributed by atoms with van der Waals surface area (Å²) in [7, 11) is 0. The molecule has 0 radical (unpaired) electrons. The largest absolute Gasteiger partial charge is 0.393 e. The van der Waals surface area contributed by atoms with Crippen LogP contribution in [0.2, 0.25) is 0 Å². The van der Waals surface area contributed by atoms with Gasteiger partial charge in [0.15, 0.2) is 0 Å². The number of rotatable bonds is 2. The molecule has 1 nitrogen and oxygen atoms in total. The van der Waals surface area contributed by atoms with E-state index >= 15 is 0 Å². The summed E-state index contributed by atoms with van der Waals surface area (Å²) < 4.78 is 0. The minimum Gasteiger partial charge on any atom is -0.393 e. The number of hydrogen-bond acceptors (Lipinski definition) is 1. The number of aliphatic hydroxyl groups excluding tert-OH is 1. The smallest absolute Gasteiger partial charge is 0.0568 e. The Labute approximate surface area is 87.9 Å². The van der Waals surface area contributed by atoms with Gasteiger partial charge in [0.05, 0.1) is 6.10 Å². The van der Waals surface area contributed by atoms with Crippen LogP contribution in [0.1, 0.15) is 64.2 Å². The van der Waals surface area contributed by atoms with Gasteiger partial charge in [0.2, 0.25) is 0 Å². The molecule has 82 valence electrons. The lowest BCUT2D eigenvalue weighted by atomic mass is 9.86. The van der Waals surface area contributed by atoms with Gasteiger partial charge in [-0.1, -0.05) is 44.9 Å². The van der Waals surface area contributed by atoms with Crippen LogP contribution in [0.4, 0.5) is 0 Å². The van der Waals surface area contributed by atoms with Crippen LogP contribution in [0.15, 0.2) is 0 Å². The van der Waals surface area contributed by atoms with Crippen molar-refractivity contribution in [3.05, 3.63) is 0 Å². The van der Waals surface area contributed by atoms with Gasteiger partial charge < -0.3 is 5.11 Å². The number of hydrogen-bond donors (Lipinski definition) is 1. The SMILES string of the molecule is OC1CCCCCC1CC1CCCC1. The van der Waals surface area contributed by atoms with E-state index in [2.05, 4.69) is 0 Å². The molecule has 0 aromatic carbocycles. The van der Waals surface area contributed by atoms with Crippen molar-refractivity contribution in [3.63, 3.8) is 0 Å². The lowest BCUT2D eigenvalue weighted by Gasteiger charge is -2.23. The average molecular weight is 196 g/mol. The molecule has 0 saturated heterocycles. The Morgan fingerprint density at radius 1 is 0.786 bits per heavy atom. The van der Waals surface area contributed by atoms with Crippen molar-refractivity contribution in [2.45, 2.75) is 70.3 Å². The summed E-state index contributed by atoms with van der Waals surface area (Å²) >= 11 is 0. The molecule has 0 heterocycles. The Balaban J connectivity index is 1.81. The van der Waals surface area contributed by atoms with Crippen molar-refractivity contribution in [3.8, 4) is 0 Å². The maximum atomic E-state index is 10.0. The molecule has 2 rings (SSSR count). The Hall–Kier alpha value is -0.0400. The van der Waals surface area contributed by atoms with Crippen LogP contribution in [0.3, 0.4) is 0 Å². The van der Waals surface area contributed by atoms with E-state index in [9.17, 15) is 5.11 Å². The van der Waals surface area contributed by atoms with Crippen LogP contribution in [0.5, 0.6) is 0 Å². The van der Waals surface area contributed by atoms with Crippen molar-refractivity contribution in [1.82, 2.24) is 0 Å². The van der Waals surface area contributed by atoms with E-state index in [0.717, 1.165) is 12.3 Å². The van der Waals surface area contributed by atoms with Gasteiger partial charge in [-0.05, 0) is 31.1 Å². The first kappa shape index (κ1) is 10.5. The van der Waals surface area contributed by atoms with Gasteiger partial charge in [0, 0.05) is 0 Å². The minimum atomic E-state index is 0.0260. The Kier molecular flexibility index (Phi) is 3.86. The highest BCUT2D eigenvalue weighted by Gasteiger charge is 2.26. The summed E-state index contributed by atoms with van der Waals surface area (Å²) in [5.41, 5.74) is 0. The highest BCUT2D eigenvalue weighted by molar-refractivity contribution is 4.78. The van der Waals surface area contributed by atoms with Crippen LogP contribution >= 0.6 is 0 Å². The highest BCUT2D eigenvalue weighted by Crippen LogP contribution is 2.35. The fraction of sp³-hybridized carbons (Fsp3) is 1.00. The first-order valence-electron chi connectivity index (χ1n) is 6.54. The maximum Gasteiger partial charge on any atom is 0.0568 e. The van der Waals surface area contributed by atoms with Crippen molar-refractivity contribution in [2.24, 2.45) is 11.8 Å². The van der Waals surface area contributed by atoms with Gasteiger partial charge in [-0.15, -0.1) is 0 Å². The molecular formula is C13H24O. The molecule has 1 heteroatoms. The van der Waals surface area contributed by atoms with Crippen molar-refractivity contribution < 1.29 is 5.11 Å². The van der Waals surface area contributed by atoms with E-state index in [-0.39, 0.29) is 6.10 Å². The summed E-state index contributed by atoms with van der Waals surface area (Å²) in [4.78, 5) is 0. The molecule has 2 atom stereocenters. The fourth-order valence-corrected chi connectivity index (χ4v) is 3.31. The Bertz CT molecular complexity index is 161. The first-order valence-corrected chi connectivity index (χ1v) is 6.54.